The zero-order valence-corrected chi connectivity index (χ0v) is 9.68. The summed E-state index contributed by atoms with van der Waals surface area (Å²) >= 11 is 0. The highest BCUT2D eigenvalue weighted by Crippen LogP contribution is 2.42. The van der Waals surface area contributed by atoms with Crippen molar-refractivity contribution in [2.45, 2.75) is 18.1 Å². The van der Waals surface area contributed by atoms with Crippen molar-refractivity contribution in [3.05, 3.63) is 71.0 Å². The maximum absolute atomic E-state index is 13.9. The molecule has 1 aliphatic rings. The predicted molar refractivity (Wildman–Crippen MR) is 65.6 cm³/mol. The molecule has 3 heteroatoms. The quantitative estimate of drug-likeness (QED) is 0.805. The maximum Gasteiger partial charge on any atom is 0.144 e. The Balaban J connectivity index is 2.24. The van der Waals surface area contributed by atoms with Crippen LogP contribution in [0.5, 0.6) is 0 Å². The lowest BCUT2D eigenvalue weighted by Gasteiger charge is -2.28. The average Bonchev–Trinajstić information content (AvgIpc) is 2.63. The molecular weight excluding hydrogens is 231 g/mol. The molecular formula is C15H13FO2. The zero-order chi connectivity index (χ0) is 12.8. The Morgan fingerprint density at radius 3 is 2.33 bits per heavy atom. The Labute approximate surface area is 104 Å². The van der Waals surface area contributed by atoms with E-state index >= 15 is 0 Å². The molecule has 0 saturated carbocycles. The lowest BCUT2D eigenvalue weighted by molar-refractivity contribution is -0.0379. The molecule has 0 heterocycles. The summed E-state index contributed by atoms with van der Waals surface area (Å²) in [6.45, 7) is 0. The summed E-state index contributed by atoms with van der Waals surface area (Å²) in [7, 11) is 0. The molecule has 0 fully saturated rings. The van der Waals surface area contributed by atoms with Crippen LogP contribution in [0.15, 0.2) is 48.5 Å². The third-order valence-electron chi connectivity index (χ3n) is 3.61. The molecule has 3 rings (SSSR count). The van der Waals surface area contributed by atoms with Crippen LogP contribution < -0.4 is 0 Å². The van der Waals surface area contributed by atoms with Crippen LogP contribution in [-0.4, -0.2) is 16.3 Å². The zero-order valence-electron chi connectivity index (χ0n) is 9.68. The van der Waals surface area contributed by atoms with Gasteiger partial charge in [0.15, 0.2) is 0 Å². The van der Waals surface area contributed by atoms with E-state index in [1.165, 1.54) is 12.1 Å². The maximum atomic E-state index is 13.9. The molecule has 92 valence electrons. The van der Waals surface area contributed by atoms with Crippen LogP contribution in [0.1, 0.15) is 16.7 Å². The summed E-state index contributed by atoms with van der Waals surface area (Å²) < 4.78 is 13.9. The normalized spacial score (nSPS) is 26.1. The van der Waals surface area contributed by atoms with Crippen LogP contribution in [-0.2, 0) is 12.0 Å². The largest absolute Gasteiger partial charge is 0.389 e. The minimum atomic E-state index is -1.65. The molecule has 0 amide bonds. The molecule has 2 aromatic carbocycles. The van der Waals surface area contributed by atoms with Crippen molar-refractivity contribution in [1.29, 1.82) is 0 Å². The predicted octanol–water partition coefficient (Wildman–Crippen LogP) is 1.98. The molecule has 1 aliphatic carbocycles. The van der Waals surface area contributed by atoms with Crippen LogP contribution >= 0.6 is 0 Å². The third kappa shape index (κ3) is 1.41. The van der Waals surface area contributed by atoms with E-state index in [2.05, 4.69) is 0 Å². The number of fused-ring (bicyclic) bond motifs is 1. The Morgan fingerprint density at radius 1 is 1.00 bits per heavy atom. The molecule has 2 unspecified atom stereocenters. The first-order chi connectivity index (χ1) is 8.64. The van der Waals surface area contributed by atoms with Gasteiger partial charge in [0.2, 0.25) is 0 Å². The van der Waals surface area contributed by atoms with Crippen molar-refractivity contribution < 1.29 is 14.6 Å². The van der Waals surface area contributed by atoms with E-state index in [0.717, 1.165) is 5.56 Å². The first-order valence-electron chi connectivity index (χ1n) is 5.88. The summed E-state index contributed by atoms with van der Waals surface area (Å²) in [5, 5.41) is 20.9. The molecule has 2 nitrogen and oxygen atoms in total. The number of halogens is 1. The van der Waals surface area contributed by atoms with Crippen LogP contribution in [0.25, 0.3) is 0 Å². The van der Waals surface area contributed by atoms with E-state index in [-0.39, 0.29) is 5.56 Å². The lowest BCUT2D eigenvalue weighted by Crippen LogP contribution is -2.37. The molecule has 18 heavy (non-hydrogen) atoms. The highest BCUT2D eigenvalue weighted by Gasteiger charge is 2.47. The second-order valence-electron chi connectivity index (χ2n) is 4.62. The number of hydrogen-bond acceptors (Lipinski definition) is 2. The van der Waals surface area contributed by atoms with Gasteiger partial charge in [0.1, 0.15) is 11.4 Å². The molecule has 2 atom stereocenters. The van der Waals surface area contributed by atoms with Crippen LogP contribution in [0, 0.1) is 5.82 Å². The standard InChI is InChI=1S/C15H13FO2/c16-13-8-4-3-7-12(13)15(18)11-6-2-1-5-10(11)9-14(15)17/h1-8,14,17-18H,9H2. The van der Waals surface area contributed by atoms with E-state index in [4.69, 9.17) is 0 Å². The molecule has 0 aromatic heterocycles. The van der Waals surface area contributed by atoms with Gasteiger partial charge in [0.25, 0.3) is 0 Å². The molecule has 0 spiro atoms. The van der Waals surface area contributed by atoms with E-state index in [0.29, 0.717) is 12.0 Å². The van der Waals surface area contributed by atoms with Gasteiger partial charge in [-0.05, 0) is 17.2 Å². The van der Waals surface area contributed by atoms with Crippen LogP contribution in [0.2, 0.25) is 0 Å². The van der Waals surface area contributed by atoms with E-state index < -0.39 is 17.5 Å². The van der Waals surface area contributed by atoms with Gasteiger partial charge in [0, 0.05) is 12.0 Å². The molecule has 0 radical (unpaired) electrons. The van der Waals surface area contributed by atoms with Gasteiger partial charge >= 0.3 is 0 Å². The summed E-state index contributed by atoms with van der Waals surface area (Å²) in [6.07, 6.45) is -0.687. The van der Waals surface area contributed by atoms with Crippen molar-refractivity contribution >= 4 is 0 Å². The number of hydrogen-bond donors (Lipinski definition) is 2. The Morgan fingerprint density at radius 2 is 1.61 bits per heavy atom. The lowest BCUT2D eigenvalue weighted by atomic mass is 9.86. The van der Waals surface area contributed by atoms with E-state index in [1.807, 2.05) is 12.1 Å². The summed E-state index contributed by atoms with van der Waals surface area (Å²) in [5.74, 6) is -0.504. The Bertz CT molecular complexity index is 597. The van der Waals surface area contributed by atoms with Crippen molar-refractivity contribution in [1.82, 2.24) is 0 Å². The van der Waals surface area contributed by atoms with Gasteiger partial charge in [-0.25, -0.2) is 4.39 Å². The minimum Gasteiger partial charge on any atom is -0.389 e. The van der Waals surface area contributed by atoms with Gasteiger partial charge in [-0.15, -0.1) is 0 Å². The highest BCUT2D eigenvalue weighted by molar-refractivity contribution is 5.47. The summed E-state index contributed by atoms with van der Waals surface area (Å²) in [5.41, 5.74) is -0.0807. The number of aliphatic hydroxyl groups is 2. The highest BCUT2D eigenvalue weighted by atomic mass is 19.1. The van der Waals surface area contributed by atoms with E-state index in [9.17, 15) is 14.6 Å². The number of aliphatic hydroxyl groups excluding tert-OH is 1. The fourth-order valence-corrected chi connectivity index (χ4v) is 2.70. The van der Waals surface area contributed by atoms with Gasteiger partial charge in [-0.3, -0.25) is 0 Å². The van der Waals surface area contributed by atoms with Crippen molar-refractivity contribution in [3.63, 3.8) is 0 Å². The van der Waals surface area contributed by atoms with E-state index in [1.54, 1.807) is 24.3 Å². The van der Waals surface area contributed by atoms with Gasteiger partial charge in [0.05, 0.1) is 6.10 Å². The molecule has 0 bridgehead atoms. The van der Waals surface area contributed by atoms with Crippen molar-refractivity contribution in [3.8, 4) is 0 Å². The van der Waals surface area contributed by atoms with Crippen LogP contribution in [0.4, 0.5) is 4.39 Å². The SMILES string of the molecule is OC1Cc2ccccc2C1(O)c1ccccc1F. The van der Waals surface area contributed by atoms with Gasteiger partial charge in [-0.2, -0.15) is 0 Å². The Hall–Kier alpha value is -1.71. The molecule has 2 aromatic rings. The molecule has 0 saturated heterocycles. The first kappa shape index (κ1) is 11.4. The number of benzene rings is 2. The second-order valence-corrected chi connectivity index (χ2v) is 4.62. The molecule has 0 aliphatic heterocycles. The Kier molecular flexibility index (Phi) is 2.47. The van der Waals surface area contributed by atoms with Crippen molar-refractivity contribution in [2.75, 3.05) is 0 Å². The fraction of sp³-hybridized carbons (Fsp3) is 0.200. The minimum absolute atomic E-state index is 0.127. The van der Waals surface area contributed by atoms with Gasteiger partial charge in [-0.1, -0.05) is 42.5 Å². The third-order valence-corrected chi connectivity index (χ3v) is 3.61. The van der Waals surface area contributed by atoms with Crippen molar-refractivity contribution in [2.24, 2.45) is 0 Å². The second kappa shape index (κ2) is 3.90. The van der Waals surface area contributed by atoms with Gasteiger partial charge < -0.3 is 10.2 Å². The molecule has 2 N–H and O–H groups in total. The summed E-state index contributed by atoms with van der Waals surface area (Å²) in [6, 6.07) is 13.2. The topological polar surface area (TPSA) is 40.5 Å². The average molecular weight is 244 g/mol. The first-order valence-corrected chi connectivity index (χ1v) is 5.88. The monoisotopic (exact) mass is 244 g/mol. The number of rotatable bonds is 1. The smallest absolute Gasteiger partial charge is 0.144 e. The fourth-order valence-electron chi connectivity index (χ4n) is 2.70. The summed E-state index contributed by atoms with van der Waals surface area (Å²) in [4.78, 5) is 0. The van der Waals surface area contributed by atoms with Crippen LogP contribution in [0.3, 0.4) is 0 Å².